The smallest absolute Gasteiger partial charge is 0.266 e. The van der Waals surface area contributed by atoms with Crippen LogP contribution in [0.4, 0.5) is 0 Å². The number of aliphatic hydroxyl groups excluding tert-OH is 1. The number of amides is 1. The zero-order valence-corrected chi connectivity index (χ0v) is 20.6. The van der Waals surface area contributed by atoms with Gasteiger partial charge in [0.1, 0.15) is 27.3 Å². The van der Waals surface area contributed by atoms with Crippen molar-refractivity contribution in [2.24, 2.45) is 0 Å². The number of nitrogens with zero attached hydrogens (tertiary/aromatic N) is 1. The summed E-state index contributed by atoms with van der Waals surface area (Å²) in [6.07, 6.45) is 8.54. The third kappa shape index (κ3) is 5.28. The fourth-order valence-electron chi connectivity index (χ4n) is 4.37. The molecule has 1 amide bonds. The molecular formula is C25H29NO5S2. The molecule has 0 unspecified atom stereocenters. The SMILES string of the molecule is COc1cc(OC)cc(-c2cc(CCCO)c(/C=C3/SC(=S)N(C4CCCCC4)C3=O)o2)c1. The first-order valence-electron chi connectivity index (χ1n) is 11.3. The van der Waals surface area contributed by atoms with Crippen LogP contribution in [-0.2, 0) is 11.2 Å². The normalized spacial score (nSPS) is 18.4. The van der Waals surface area contributed by atoms with Crippen molar-refractivity contribution in [3.8, 4) is 22.8 Å². The van der Waals surface area contributed by atoms with Gasteiger partial charge in [-0.05, 0) is 49.4 Å². The van der Waals surface area contributed by atoms with E-state index in [1.54, 1.807) is 31.3 Å². The number of benzene rings is 1. The van der Waals surface area contributed by atoms with Gasteiger partial charge in [0, 0.05) is 30.4 Å². The predicted molar refractivity (Wildman–Crippen MR) is 135 cm³/mol. The summed E-state index contributed by atoms with van der Waals surface area (Å²) in [5, 5.41) is 9.36. The zero-order valence-electron chi connectivity index (χ0n) is 19.0. The highest BCUT2D eigenvalue weighted by Gasteiger charge is 2.37. The number of carbonyl (C=O) groups excluding carboxylic acids is 1. The molecule has 0 bridgehead atoms. The Balaban J connectivity index is 1.67. The van der Waals surface area contributed by atoms with Crippen LogP contribution in [0, 0.1) is 0 Å². The Morgan fingerprint density at radius 1 is 1.15 bits per heavy atom. The predicted octanol–water partition coefficient (Wildman–Crippen LogP) is 5.42. The molecule has 1 saturated heterocycles. The van der Waals surface area contributed by atoms with E-state index in [1.165, 1.54) is 18.2 Å². The summed E-state index contributed by atoms with van der Waals surface area (Å²) in [6.45, 7) is 0.0801. The summed E-state index contributed by atoms with van der Waals surface area (Å²) in [5.41, 5.74) is 1.75. The Kier molecular flexibility index (Phi) is 7.78. The van der Waals surface area contributed by atoms with Crippen molar-refractivity contribution in [3.63, 3.8) is 0 Å². The van der Waals surface area contributed by atoms with E-state index in [2.05, 4.69) is 0 Å². The second kappa shape index (κ2) is 10.8. The summed E-state index contributed by atoms with van der Waals surface area (Å²) in [5.74, 6) is 2.55. The van der Waals surface area contributed by atoms with Gasteiger partial charge in [0.15, 0.2) is 0 Å². The lowest BCUT2D eigenvalue weighted by atomic mass is 9.94. The number of aliphatic hydroxyl groups is 1. The molecule has 0 atom stereocenters. The molecule has 1 aromatic carbocycles. The van der Waals surface area contributed by atoms with Gasteiger partial charge in [-0.2, -0.15) is 0 Å². The van der Waals surface area contributed by atoms with Crippen LogP contribution >= 0.6 is 24.0 Å². The molecule has 1 saturated carbocycles. The monoisotopic (exact) mass is 487 g/mol. The number of rotatable bonds is 8. The molecule has 1 aliphatic heterocycles. The van der Waals surface area contributed by atoms with Crippen LogP contribution < -0.4 is 9.47 Å². The Morgan fingerprint density at radius 3 is 2.48 bits per heavy atom. The van der Waals surface area contributed by atoms with Gasteiger partial charge in [-0.25, -0.2) is 0 Å². The van der Waals surface area contributed by atoms with Crippen molar-refractivity contribution in [1.82, 2.24) is 4.90 Å². The zero-order chi connectivity index (χ0) is 23.4. The maximum atomic E-state index is 13.2. The van der Waals surface area contributed by atoms with Crippen LogP contribution in [0.1, 0.15) is 49.8 Å². The molecule has 2 heterocycles. The minimum Gasteiger partial charge on any atom is -0.497 e. The summed E-state index contributed by atoms with van der Waals surface area (Å²) in [6, 6.07) is 7.71. The van der Waals surface area contributed by atoms with Crippen LogP contribution in [0.3, 0.4) is 0 Å². The number of thioether (sulfide) groups is 1. The lowest BCUT2D eigenvalue weighted by Gasteiger charge is -2.29. The van der Waals surface area contributed by atoms with Gasteiger partial charge in [-0.1, -0.05) is 43.2 Å². The molecule has 176 valence electrons. The number of carbonyl (C=O) groups is 1. The number of hydrogen-bond donors (Lipinski definition) is 1. The van der Waals surface area contributed by atoms with Gasteiger partial charge in [0.05, 0.1) is 19.1 Å². The van der Waals surface area contributed by atoms with Crippen molar-refractivity contribution >= 4 is 40.3 Å². The van der Waals surface area contributed by atoms with E-state index in [0.29, 0.717) is 45.1 Å². The van der Waals surface area contributed by atoms with E-state index >= 15 is 0 Å². The molecule has 4 rings (SSSR count). The standard InChI is InChI=1S/C25H29NO5S2/c1-29-19-11-17(12-20(14-19)30-2)21-13-16(7-6-10-27)22(31-21)15-23-24(28)26(25(32)33-23)18-8-4-3-5-9-18/h11-15,18,27H,3-10H2,1-2H3/b23-15+. The Hall–Kier alpha value is -2.29. The van der Waals surface area contributed by atoms with Gasteiger partial charge in [0.25, 0.3) is 5.91 Å². The van der Waals surface area contributed by atoms with E-state index in [9.17, 15) is 9.90 Å². The maximum absolute atomic E-state index is 13.2. The molecule has 2 aliphatic rings. The molecule has 0 spiro atoms. The average molecular weight is 488 g/mol. The number of methoxy groups -OCH3 is 2. The lowest BCUT2D eigenvalue weighted by Crippen LogP contribution is -2.39. The second-order valence-corrected chi connectivity index (χ2v) is 9.95. The third-order valence-corrected chi connectivity index (χ3v) is 7.44. The topological polar surface area (TPSA) is 72.1 Å². The number of ether oxygens (including phenoxy) is 2. The maximum Gasteiger partial charge on any atom is 0.266 e. The van der Waals surface area contributed by atoms with E-state index in [0.717, 1.165) is 36.8 Å². The first-order valence-corrected chi connectivity index (χ1v) is 12.5. The Labute approximate surface area is 203 Å². The van der Waals surface area contributed by atoms with Gasteiger partial charge in [0.2, 0.25) is 0 Å². The quantitative estimate of drug-likeness (QED) is 0.394. The minimum absolute atomic E-state index is 0.0361. The molecule has 2 fully saturated rings. The highest BCUT2D eigenvalue weighted by Crippen LogP contribution is 2.39. The molecule has 2 aromatic rings. The largest absolute Gasteiger partial charge is 0.497 e. The minimum atomic E-state index is -0.0361. The highest BCUT2D eigenvalue weighted by molar-refractivity contribution is 8.26. The first kappa shape index (κ1) is 23.9. The number of aryl methyl sites for hydroxylation is 1. The van der Waals surface area contributed by atoms with Gasteiger partial charge < -0.3 is 19.0 Å². The number of furan rings is 1. The molecule has 1 N–H and O–H groups in total. The van der Waals surface area contributed by atoms with E-state index < -0.39 is 0 Å². The van der Waals surface area contributed by atoms with Crippen LogP contribution in [-0.4, -0.2) is 47.1 Å². The second-order valence-electron chi connectivity index (χ2n) is 8.27. The van der Waals surface area contributed by atoms with Crippen molar-refractivity contribution in [1.29, 1.82) is 0 Å². The molecule has 1 aromatic heterocycles. The van der Waals surface area contributed by atoms with E-state index in [-0.39, 0.29) is 18.6 Å². The first-order chi connectivity index (χ1) is 16.0. The number of hydrogen-bond acceptors (Lipinski definition) is 7. The summed E-state index contributed by atoms with van der Waals surface area (Å²) < 4.78 is 17.6. The van der Waals surface area contributed by atoms with E-state index in [4.69, 9.17) is 26.1 Å². The molecular weight excluding hydrogens is 458 g/mol. The van der Waals surface area contributed by atoms with Crippen LogP contribution in [0.25, 0.3) is 17.4 Å². The van der Waals surface area contributed by atoms with Crippen LogP contribution in [0.5, 0.6) is 11.5 Å². The molecule has 8 heteroatoms. The fraction of sp³-hybridized carbons (Fsp3) is 0.440. The van der Waals surface area contributed by atoms with Crippen molar-refractivity contribution in [2.75, 3.05) is 20.8 Å². The number of thiocarbonyl (C=S) groups is 1. The van der Waals surface area contributed by atoms with Crippen molar-refractivity contribution < 1.29 is 23.8 Å². The van der Waals surface area contributed by atoms with Crippen LogP contribution in [0.15, 0.2) is 33.6 Å². The third-order valence-electron chi connectivity index (χ3n) is 6.11. The molecule has 1 aliphatic carbocycles. The fourth-order valence-corrected chi connectivity index (χ4v) is 5.75. The summed E-state index contributed by atoms with van der Waals surface area (Å²) in [4.78, 5) is 15.6. The summed E-state index contributed by atoms with van der Waals surface area (Å²) >= 11 is 6.91. The van der Waals surface area contributed by atoms with Gasteiger partial charge >= 0.3 is 0 Å². The van der Waals surface area contributed by atoms with E-state index in [1.807, 2.05) is 18.2 Å². The van der Waals surface area contributed by atoms with Gasteiger partial charge in [-0.15, -0.1) is 0 Å². The van der Waals surface area contributed by atoms with Crippen molar-refractivity contribution in [2.45, 2.75) is 51.0 Å². The average Bonchev–Trinajstić information content (AvgIpc) is 3.37. The molecule has 0 radical (unpaired) electrons. The Morgan fingerprint density at radius 2 is 1.85 bits per heavy atom. The Bertz CT molecular complexity index is 1030. The summed E-state index contributed by atoms with van der Waals surface area (Å²) in [7, 11) is 3.21. The van der Waals surface area contributed by atoms with Crippen molar-refractivity contribution in [3.05, 3.63) is 40.5 Å². The van der Waals surface area contributed by atoms with Gasteiger partial charge in [-0.3, -0.25) is 9.69 Å². The van der Waals surface area contributed by atoms with Crippen LogP contribution in [0.2, 0.25) is 0 Å². The molecule has 33 heavy (non-hydrogen) atoms. The highest BCUT2D eigenvalue weighted by atomic mass is 32.2. The molecule has 6 nitrogen and oxygen atoms in total. The lowest BCUT2D eigenvalue weighted by molar-refractivity contribution is -0.124.